The van der Waals surface area contributed by atoms with Gasteiger partial charge in [-0.25, -0.2) is 9.97 Å². The molecule has 104 valence electrons. The summed E-state index contributed by atoms with van der Waals surface area (Å²) in [4.78, 5) is 20.1. The van der Waals surface area contributed by atoms with Crippen molar-refractivity contribution in [2.45, 2.75) is 37.4 Å². The van der Waals surface area contributed by atoms with Gasteiger partial charge in [0.1, 0.15) is 5.54 Å². The van der Waals surface area contributed by atoms with Gasteiger partial charge in [0.15, 0.2) is 5.16 Å². The maximum Gasteiger partial charge on any atom is 0.325 e. The van der Waals surface area contributed by atoms with E-state index in [9.17, 15) is 9.90 Å². The van der Waals surface area contributed by atoms with Crippen molar-refractivity contribution in [1.82, 2.24) is 15.3 Å². The van der Waals surface area contributed by atoms with Crippen molar-refractivity contribution in [2.24, 2.45) is 5.92 Å². The second kappa shape index (κ2) is 5.88. The number of carboxylic acids is 1. The van der Waals surface area contributed by atoms with Gasteiger partial charge in [-0.15, -0.1) is 0 Å². The Hall–Kier alpha value is -1.14. The van der Waals surface area contributed by atoms with Crippen LogP contribution < -0.4 is 5.32 Å². The van der Waals surface area contributed by atoms with Crippen LogP contribution in [0.2, 0.25) is 0 Å². The first kappa shape index (κ1) is 14.3. The quantitative estimate of drug-likeness (QED) is 0.585. The van der Waals surface area contributed by atoms with Crippen molar-refractivity contribution in [1.29, 1.82) is 0 Å². The highest BCUT2D eigenvalue weighted by Gasteiger charge is 2.50. The molecule has 1 aliphatic carbocycles. The maximum atomic E-state index is 11.7. The zero-order valence-electron chi connectivity index (χ0n) is 11.2. The summed E-state index contributed by atoms with van der Waals surface area (Å²) in [5.41, 5.74) is 0.0558. The Labute approximate surface area is 117 Å². The largest absolute Gasteiger partial charge is 0.480 e. The number of likely N-dealkylation sites (N-methyl/N-ethyl adjacent to an activating group) is 1. The van der Waals surface area contributed by atoms with E-state index in [1.165, 1.54) is 11.8 Å². The summed E-state index contributed by atoms with van der Waals surface area (Å²) < 4.78 is 0. The summed E-state index contributed by atoms with van der Waals surface area (Å²) in [6.45, 7) is 4.49. The van der Waals surface area contributed by atoms with E-state index in [1.807, 2.05) is 19.9 Å². The van der Waals surface area contributed by atoms with E-state index < -0.39 is 11.5 Å². The summed E-state index contributed by atoms with van der Waals surface area (Å²) >= 11 is 1.41. The van der Waals surface area contributed by atoms with Crippen molar-refractivity contribution < 1.29 is 9.90 Å². The molecule has 2 rings (SSSR count). The van der Waals surface area contributed by atoms with Gasteiger partial charge in [-0.05, 0) is 38.3 Å². The molecule has 0 aromatic carbocycles. The van der Waals surface area contributed by atoms with Crippen LogP contribution in [-0.2, 0) is 4.79 Å². The second-order valence-electron chi connectivity index (χ2n) is 4.85. The predicted octanol–water partition coefficient (Wildman–Crippen LogP) is 1.72. The molecule has 2 N–H and O–H groups in total. The van der Waals surface area contributed by atoms with Crippen LogP contribution >= 0.6 is 11.8 Å². The monoisotopic (exact) mass is 281 g/mol. The molecule has 6 heteroatoms. The Bertz CT molecular complexity index is 465. The first-order valence-corrected chi connectivity index (χ1v) is 7.48. The van der Waals surface area contributed by atoms with Crippen molar-refractivity contribution >= 4 is 17.7 Å². The van der Waals surface area contributed by atoms with E-state index in [0.29, 0.717) is 17.5 Å². The number of rotatable bonds is 7. The van der Waals surface area contributed by atoms with Gasteiger partial charge in [-0.3, -0.25) is 4.79 Å². The van der Waals surface area contributed by atoms with Gasteiger partial charge in [0.05, 0.1) is 0 Å². The molecule has 1 unspecified atom stereocenters. The molecule has 5 nitrogen and oxygen atoms in total. The molecule has 1 aromatic heterocycles. The fraction of sp³-hybridized carbons (Fsp3) is 0.615. The number of aromatic nitrogens is 2. The van der Waals surface area contributed by atoms with Gasteiger partial charge in [0.25, 0.3) is 0 Å². The Morgan fingerprint density at radius 1 is 1.63 bits per heavy atom. The first-order chi connectivity index (χ1) is 9.08. The first-order valence-electron chi connectivity index (χ1n) is 6.49. The fourth-order valence-electron chi connectivity index (χ4n) is 2.19. The molecule has 1 aliphatic rings. The van der Waals surface area contributed by atoms with E-state index in [2.05, 4.69) is 15.3 Å². The number of nitrogens with zero attached hydrogens (tertiary/aromatic N) is 2. The standard InChI is InChI=1S/C13H19N3O2S/c1-3-15-13(11(17)18,10-4-5-10)8-19-12-14-7-6-9(2)16-12/h6-7,10,15H,3-5,8H2,1-2H3,(H,17,18). The number of aliphatic carboxylic acids is 1. The average molecular weight is 281 g/mol. The lowest BCUT2D eigenvalue weighted by Gasteiger charge is -2.29. The molecule has 1 heterocycles. The average Bonchev–Trinajstić information content (AvgIpc) is 3.19. The number of hydrogen-bond donors (Lipinski definition) is 2. The zero-order valence-corrected chi connectivity index (χ0v) is 12.0. The third-order valence-electron chi connectivity index (χ3n) is 3.35. The zero-order chi connectivity index (χ0) is 13.9. The van der Waals surface area contributed by atoms with Crippen molar-refractivity contribution in [3.63, 3.8) is 0 Å². The number of aryl methyl sites for hydroxylation is 1. The molecule has 0 aliphatic heterocycles. The third kappa shape index (κ3) is 3.25. The smallest absolute Gasteiger partial charge is 0.325 e. The van der Waals surface area contributed by atoms with Crippen molar-refractivity contribution in [3.8, 4) is 0 Å². The molecule has 0 spiro atoms. The van der Waals surface area contributed by atoms with E-state index >= 15 is 0 Å². The highest BCUT2D eigenvalue weighted by Crippen LogP contribution is 2.42. The second-order valence-corrected chi connectivity index (χ2v) is 5.79. The van der Waals surface area contributed by atoms with Gasteiger partial charge >= 0.3 is 5.97 Å². The molecule has 1 saturated carbocycles. The van der Waals surface area contributed by atoms with Crippen LogP contribution in [0, 0.1) is 12.8 Å². The molecule has 19 heavy (non-hydrogen) atoms. The molecule has 1 atom stereocenters. The Morgan fingerprint density at radius 2 is 2.37 bits per heavy atom. The summed E-state index contributed by atoms with van der Waals surface area (Å²) in [6.07, 6.45) is 3.67. The van der Waals surface area contributed by atoms with Crippen LogP contribution in [0.5, 0.6) is 0 Å². The fourth-order valence-corrected chi connectivity index (χ4v) is 3.35. The summed E-state index contributed by atoms with van der Waals surface area (Å²) in [5.74, 6) is -0.0798. The Balaban J connectivity index is 2.10. The van der Waals surface area contributed by atoms with Crippen LogP contribution in [0.4, 0.5) is 0 Å². The van der Waals surface area contributed by atoms with E-state index in [0.717, 1.165) is 18.5 Å². The highest BCUT2D eigenvalue weighted by molar-refractivity contribution is 7.99. The molecule has 0 bridgehead atoms. The van der Waals surface area contributed by atoms with Crippen LogP contribution in [0.1, 0.15) is 25.5 Å². The molecule has 0 saturated heterocycles. The highest BCUT2D eigenvalue weighted by atomic mass is 32.2. The maximum absolute atomic E-state index is 11.7. The van der Waals surface area contributed by atoms with E-state index in [1.54, 1.807) is 6.20 Å². The summed E-state index contributed by atoms with van der Waals surface area (Å²) in [6, 6.07) is 1.83. The minimum Gasteiger partial charge on any atom is -0.480 e. The molecule has 1 fully saturated rings. The number of hydrogen-bond acceptors (Lipinski definition) is 5. The minimum absolute atomic E-state index is 0.224. The number of nitrogens with one attached hydrogen (secondary N) is 1. The lowest BCUT2D eigenvalue weighted by atomic mass is 9.96. The van der Waals surface area contributed by atoms with E-state index in [-0.39, 0.29) is 5.92 Å². The minimum atomic E-state index is -0.841. The number of carboxylic acid groups (broad SMARTS) is 1. The lowest BCUT2D eigenvalue weighted by molar-refractivity contribution is -0.144. The summed E-state index contributed by atoms with van der Waals surface area (Å²) in [7, 11) is 0. The molecule has 0 amide bonds. The number of carbonyl (C=O) groups is 1. The topological polar surface area (TPSA) is 75.1 Å². The van der Waals surface area contributed by atoms with Gasteiger partial charge in [-0.2, -0.15) is 0 Å². The van der Waals surface area contributed by atoms with Crippen LogP contribution in [0.15, 0.2) is 17.4 Å². The third-order valence-corrected chi connectivity index (χ3v) is 4.40. The lowest BCUT2D eigenvalue weighted by Crippen LogP contribution is -2.56. The normalized spacial score (nSPS) is 18.0. The van der Waals surface area contributed by atoms with E-state index in [4.69, 9.17) is 0 Å². The van der Waals surface area contributed by atoms with Crippen LogP contribution in [0.25, 0.3) is 0 Å². The van der Waals surface area contributed by atoms with Crippen molar-refractivity contribution in [2.75, 3.05) is 12.3 Å². The molecular formula is C13H19N3O2S. The molecule has 0 radical (unpaired) electrons. The van der Waals surface area contributed by atoms with Gasteiger partial charge in [0, 0.05) is 17.6 Å². The molecule has 1 aromatic rings. The SMILES string of the molecule is CCNC(CSc1nccc(C)n1)(C(=O)O)C1CC1. The predicted molar refractivity (Wildman–Crippen MR) is 74.3 cm³/mol. The van der Waals surface area contributed by atoms with Crippen LogP contribution in [-0.4, -0.2) is 38.9 Å². The van der Waals surface area contributed by atoms with Gasteiger partial charge in [0.2, 0.25) is 0 Å². The molecular weight excluding hydrogens is 262 g/mol. The Morgan fingerprint density at radius 3 is 2.89 bits per heavy atom. The van der Waals surface area contributed by atoms with Crippen LogP contribution in [0.3, 0.4) is 0 Å². The Kier molecular flexibility index (Phi) is 4.42. The number of thioether (sulfide) groups is 1. The van der Waals surface area contributed by atoms with Gasteiger partial charge < -0.3 is 10.4 Å². The van der Waals surface area contributed by atoms with Gasteiger partial charge in [-0.1, -0.05) is 18.7 Å². The summed E-state index contributed by atoms with van der Waals surface area (Å²) in [5, 5.41) is 13.4. The van der Waals surface area contributed by atoms with Crippen molar-refractivity contribution in [3.05, 3.63) is 18.0 Å².